The molecule has 0 aliphatic rings. The molecule has 0 aliphatic carbocycles. The number of aliphatic hydroxyl groups is 1. The van der Waals surface area contributed by atoms with Crippen LogP contribution in [0.2, 0.25) is 0 Å². The van der Waals surface area contributed by atoms with Crippen LogP contribution in [-0.4, -0.2) is 17.0 Å². The minimum atomic E-state index is -0.509. The second-order valence-electron chi connectivity index (χ2n) is 3.08. The lowest BCUT2D eigenvalue weighted by molar-refractivity contribution is -0.112. The van der Waals surface area contributed by atoms with Gasteiger partial charge in [0.2, 0.25) is 0 Å². The number of aliphatic hydroxyl groups excluding tert-OH is 1. The normalized spacial score (nSPS) is 13.1. The fraction of sp³-hybridized carbons (Fsp3) is 0.500. The summed E-state index contributed by atoms with van der Waals surface area (Å²) in [6.07, 6.45) is 2.63. The molecule has 2 nitrogen and oxygen atoms in total. The number of hydrogen-bond acceptors (Lipinski definition) is 2. The highest BCUT2D eigenvalue weighted by molar-refractivity contribution is 5.87. The Morgan fingerprint density at radius 2 is 1.75 bits per heavy atom. The van der Waals surface area contributed by atoms with Crippen LogP contribution in [0.15, 0.2) is 23.3 Å². The van der Waals surface area contributed by atoms with E-state index >= 15 is 0 Å². The van der Waals surface area contributed by atoms with E-state index in [4.69, 9.17) is 0 Å². The Hall–Kier alpha value is -0.890. The van der Waals surface area contributed by atoms with Crippen molar-refractivity contribution in [2.24, 2.45) is 0 Å². The summed E-state index contributed by atoms with van der Waals surface area (Å²) < 4.78 is 0. The van der Waals surface area contributed by atoms with Crippen LogP contribution in [0.1, 0.15) is 27.7 Å². The Kier molecular flexibility index (Phi) is 4.52. The fourth-order valence-corrected chi connectivity index (χ4v) is 0.931. The van der Waals surface area contributed by atoms with Crippen molar-refractivity contribution in [2.75, 3.05) is 0 Å². The number of ketones is 1. The molecule has 0 fully saturated rings. The molecule has 1 atom stereocenters. The van der Waals surface area contributed by atoms with Gasteiger partial charge in [-0.15, -0.1) is 0 Å². The van der Waals surface area contributed by atoms with Crippen molar-refractivity contribution in [1.29, 1.82) is 0 Å². The first kappa shape index (κ1) is 11.1. The highest BCUT2D eigenvalue weighted by Gasteiger charge is 2.02. The Morgan fingerprint density at radius 1 is 1.25 bits per heavy atom. The predicted molar refractivity (Wildman–Crippen MR) is 49.9 cm³/mol. The number of carbonyl (C=O) groups is 1. The summed E-state index contributed by atoms with van der Waals surface area (Å²) in [7, 11) is 0. The van der Waals surface area contributed by atoms with E-state index in [1.165, 1.54) is 13.0 Å². The minimum absolute atomic E-state index is 0.00519. The summed E-state index contributed by atoms with van der Waals surface area (Å²) in [6.45, 7) is 6.99. The molecular formula is C10H16O2. The van der Waals surface area contributed by atoms with Gasteiger partial charge in [-0.25, -0.2) is 0 Å². The molecule has 1 unspecified atom stereocenters. The van der Waals surface area contributed by atoms with Crippen molar-refractivity contribution >= 4 is 5.78 Å². The Morgan fingerprint density at radius 3 is 2.00 bits per heavy atom. The van der Waals surface area contributed by atoms with Crippen molar-refractivity contribution in [3.05, 3.63) is 23.3 Å². The summed E-state index contributed by atoms with van der Waals surface area (Å²) in [4.78, 5) is 10.6. The number of rotatable bonds is 3. The average molecular weight is 168 g/mol. The lowest BCUT2D eigenvalue weighted by Gasteiger charge is -2.07. The SMILES string of the molecule is CC(=O)/C=C/C(=C(C)C)C(C)O. The van der Waals surface area contributed by atoms with Crippen LogP contribution in [0.5, 0.6) is 0 Å². The predicted octanol–water partition coefficient (Wildman–Crippen LogP) is 1.85. The van der Waals surface area contributed by atoms with Crippen LogP contribution in [0.4, 0.5) is 0 Å². The zero-order valence-corrected chi connectivity index (χ0v) is 8.09. The molecule has 0 aliphatic heterocycles. The molecule has 0 aromatic rings. The highest BCUT2D eigenvalue weighted by atomic mass is 16.3. The van der Waals surface area contributed by atoms with Gasteiger partial charge in [-0.05, 0) is 39.3 Å². The smallest absolute Gasteiger partial charge is 0.152 e. The van der Waals surface area contributed by atoms with Gasteiger partial charge in [0.1, 0.15) is 0 Å². The van der Waals surface area contributed by atoms with Crippen molar-refractivity contribution in [3.63, 3.8) is 0 Å². The standard InChI is InChI=1S/C10H16O2/c1-7(2)10(9(4)12)6-5-8(3)11/h5-6,9,12H,1-4H3/b6-5+. The summed E-state index contributed by atoms with van der Waals surface area (Å²) in [5, 5.41) is 9.28. The van der Waals surface area contributed by atoms with Gasteiger partial charge in [-0.1, -0.05) is 11.6 Å². The summed E-state index contributed by atoms with van der Waals surface area (Å²) in [6, 6.07) is 0. The molecule has 0 aromatic carbocycles. The highest BCUT2D eigenvalue weighted by Crippen LogP contribution is 2.09. The molecule has 0 aromatic heterocycles. The molecular weight excluding hydrogens is 152 g/mol. The van der Waals surface area contributed by atoms with Gasteiger partial charge in [-0.2, -0.15) is 0 Å². The van der Waals surface area contributed by atoms with Gasteiger partial charge in [-0.3, -0.25) is 4.79 Å². The van der Waals surface area contributed by atoms with E-state index in [1.54, 1.807) is 13.0 Å². The number of hydrogen-bond donors (Lipinski definition) is 1. The molecule has 0 amide bonds. The van der Waals surface area contributed by atoms with E-state index in [2.05, 4.69) is 0 Å². The Balaban J connectivity index is 4.58. The zero-order chi connectivity index (χ0) is 9.72. The third-order valence-electron chi connectivity index (χ3n) is 1.53. The monoisotopic (exact) mass is 168 g/mol. The van der Waals surface area contributed by atoms with Crippen molar-refractivity contribution in [1.82, 2.24) is 0 Å². The van der Waals surface area contributed by atoms with Gasteiger partial charge in [0.05, 0.1) is 6.10 Å². The van der Waals surface area contributed by atoms with Crippen LogP contribution >= 0.6 is 0 Å². The van der Waals surface area contributed by atoms with Gasteiger partial charge >= 0.3 is 0 Å². The first-order chi connectivity index (χ1) is 5.45. The minimum Gasteiger partial charge on any atom is -0.389 e. The molecule has 12 heavy (non-hydrogen) atoms. The molecule has 0 saturated heterocycles. The maximum atomic E-state index is 10.6. The summed E-state index contributed by atoms with van der Waals surface area (Å²) in [5.74, 6) is -0.00519. The molecule has 68 valence electrons. The maximum Gasteiger partial charge on any atom is 0.152 e. The number of allylic oxidation sites excluding steroid dienone is 2. The van der Waals surface area contributed by atoms with Crippen molar-refractivity contribution in [2.45, 2.75) is 33.8 Å². The largest absolute Gasteiger partial charge is 0.389 e. The van der Waals surface area contributed by atoms with Crippen LogP contribution in [0, 0.1) is 0 Å². The molecule has 0 saturated carbocycles. The van der Waals surface area contributed by atoms with Gasteiger partial charge < -0.3 is 5.11 Å². The lowest BCUT2D eigenvalue weighted by atomic mass is 10.1. The lowest BCUT2D eigenvalue weighted by Crippen LogP contribution is -2.04. The second-order valence-corrected chi connectivity index (χ2v) is 3.08. The number of carbonyl (C=O) groups excluding carboxylic acids is 1. The van der Waals surface area contributed by atoms with E-state index in [9.17, 15) is 9.90 Å². The first-order valence-corrected chi connectivity index (χ1v) is 3.99. The van der Waals surface area contributed by atoms with Gasteiger partial charge in [0.15, 0.2) is 5.78 Å². The van der Waals surface area contributed by atoms with Gasteiger partial charge in [0.25, 0.3) is 0 Å². The first-order valence-electron chi connectivity index (χ1n) is 3.99. The maximum absolute atomic E-state index is 10.6. The Bertz CT molecular complexity index is 218. The second kappa shape index (κ2) is 4.88. The van der Waals surface area contributed by atoms with E-state index in [-0.39, 0.29) is 5.78 Å². The van der Waals surface area contributed by atoms with Crippen molar-refractivity contribution < 1.29 is 9.90 Å². The van der Waals surface area contributed by atoms with Crippen LogP contribution in [0.3, 0.4) is 0 Å². The third-order valence-corrected chi connectivity index (χ3v) is 1.53. The molecule has 0 radical (unpaired) electrons. The van der Waals surface area contributed by atoms with E-state index < -0.39 is 6.10 Å². The van der Waals surface area contributed by atoms with Crippen LogP contribution < -0.4 is 0 Å². The summed E-state index contributed by atoms with van der Waals surface area (Å²) >= 11 is 0. The van der Waals surface area contributed by atoms with Crippen LogP contribution in [-0.2, 0) is 4.79 Å². The van der Waals surface area contributed by atoms with E-state index in [0.717, 1.165) is 11.1 Å². The van der Waals surface area contributed by atoms with E-state index in [0.29, 0.717) is 0 Å². The molecule has 1 N–H and O–H groups in total. The molecule has 0 heterocycles. The van der Waals surface area contributed by atoms with Crippen molar-refractivity contribution in [3.8, 4) is 0 Å². The van der Waals surface area contributed by atoms with Crippen LogP contribution in [0.25, 0.3) is 0 Å². The fourth-order valence-electron chi connectivity index (χ4n) is 0.931. The molecule has 0 bridgehead atoms. The quantitative estimate of drug-likeness (QED) is 0.516. The Labute approximate surface area is 73.6 Å². The molecule has 0 rings (SSSR count). The summed E-state index contributed by atoms with van der Waals surface area (Å²) in [5.41, 5.74) is 1.84. The zero-order valence-electron chi connectivity index (χ0n) is 8.09. The third kappa shape index (κ3) is 4.09. The van der Waals surface area contributed by atoms with E-state index in [1.807, 2.05) is 13.8 Å². The topological polar surface area (TPSA) is 37.3 Å². The average Bonchev–Trinajstić information content (AvgIpc) is 1.84. The molecule has 0 spiro atoms. The van der Waals surface area contributed by atoms with Gasteiger partial charge in [0, 0.05) is 0 Å². The molecule has 2 heteroatoms.